The highest BCUT2D eigenvalue weighted by molar-refractivity contribution is 5.92. The zero-order valence-corrected chi connectivity index (χ0v) is 17.1. The summed E-state index contributed by atoms with van der Waals surface area (Å²) in [7, 11) is 0. The van der Waals surface area contributed by atoms with Crippen molar-refractivity contribution in [3.63, 3.8) is 0 Å². The summed E-state index contributed by atoms with van der Waals surface area (Å²) in [5, 5.41) is 11.2. The number of rotatable bonds is 4. The van der Waals surface area contributed by atoms with Gasteiger partial charge in [-0.2, -0.15) is 0 Å². The number of aliphatic hydroxyl groups is 1. The number of amides is 1. The molecule has 7 heteroatoms. The van der Waals surface area contributed by atoms with Gasteiger partial charge in [0.05, 0.1) is 28.9 Å². The fourth-order valence-corrected chi connectivity index (χ4v) is 4.15. The van der Waals surface area contributed by atoms with Gasteiger partial charge in [-0.1, -0.05) is 6.07 Å². The summed E-state index contributed by atoms with van der Waals surface area (Å²) >= 11 is 0. The third-order valence-corrected chi connectivity index (χ3v) is 5.93. The van der Waals surface area contributed by atoms with E-state index >= 15 is 0 Å². The van der Waals surface area contributed by atoms with Gasteiger partial charge in [-0.05, 0) is 55.3 Å². The van der Waals surface area contributed by atoms with Gasteiger partial charge < -0.3 is 14.6 Å². The molecule has 156 valence electrons. The number of nitrogens with zero attached hydrogens (tertiary/aromatic N) is 5. The van der Waals surface area contributed by atoms with E-state index in [0.29, 0.717) is 38.2 Å². The predicted molar refractivity (Wildman–Crippen MR) is 117 cm³/mol. The Balaban J connectivity index is 1.29. The van der Waals surface area contributed by atoms with Crippen LogP contribution in [0.3, 0.4) is 0 Å². The highest BCUT2D eigenvalue weighted by Gasteiger charge is 2.35. The highest BCUT2D eigenvalue weighted by atomic mass is 16.3. The van der Waals surface area contributed by atoms with Gasteiger partial charge in [0.15, 0.2) is 0 Å². The number of pyridine rings is 3. The first kappa shape index (κ1) is 19.4. The number of carbonyl (C=O) groups excluding carboxylic acids is 1. The Labute approximate surface area is 180 Å². The molecule has 0 unspecified atom stereocenters. The Morgan fingerprint density at radius 3 is 2.55 bits per heavy atom. The molecular weight excluding hydrogens is 390 g/mol. The number of hydrogen-bond acceptors (Lipinski definition) is 5. The second-order valence-electron chi connectivity index (χ2n) is 8.01. The van der Waals surface area contributed by atoms with E-state index in [2.05, 4.69) is 14.5 Å². The molecule has 0 bridgehead atoms. The van der Waals surface area contributed by atoms with Gasteiger partial charge in [0.25, 0.3) is 5.91 Å². The number of likely N-dealkylation sites (tertiary alicyclic amines) is 1. The van der Waals surface area contributed by atoms with Crippen LogP contribution in [0.25, 0.3) is 22.3 Å². The molecule has 1 aliphatic heterocycles. The van der Waals surface area contributed by atoms with E-state index in [4.69, 9.17) is 4.98 Å². The molecule has 0 atom stereocenters. The third-order valence-electron chi connectivity index (χ3n) is 5.93. The van der Waals surface area contributed by atoms with Gasteiger partial charge in [-0.15, -0.1) is 0 Å². The van der Waals surface area contributed by atoms with Crippen molar-refractivity contribution in [2.75, 3.05) is 13.1 Å². The Kier molecular flexibility index (Phi) is 4.95. The summed E-state index contributed by atoms with van der Waals surface area (Å²) in [5.74, 6) is -0.0816. The number of carbonyl (C=O) groups is 1. The monoisotopic (exact) mass is 413 g/mol. The van der Waals surface area contributed by atoms with Crippen LogP contribution in [0.5, 0.6) is 0 Å². The molecule has 1 amide bonds. The summed E-state index contributed by atoms with van der Waals surface area (Å²) < 4.78 is 2.05. The van der Waals surface area contributed by atoms with Gasteiger partial charge in [0.2, 0.25) is 0 Å². The molecule has 7 nitrogen and oxygen atoms in total. The fourth-order valence-electron chi connectivity index (χ4n) is 4.15. The maximum Gasteiger partial charge on any atom is 0.272 e. The predicted octanol–water partition coefficient (Wildman–Crippen LogP) is 3.16. The van der Waals surface area contributed by atoms with E-state index in [9.17, 15) is 9.90 Å². The van der Waals surface area contributed by atoms with Crippen LogP contribution in [0.4, 0.5) is 0 Å². The lowest BCUT2D eigenvalue weighted by Crippen LogP contribution is -2.48. The van der Waals surface area contributed by atoms with Gasteiger partial charge in [0, 0.05) is 43.4 Å². The van der Waals surface area contributed by atoms with Crippen molar-refractivity contribution in [1.29, 1.82) is 0 Å². The van der Waals surface area contributed by atoms with Crippen molar-refractivity contribution < 1.29 is 9.90 Å². The first-order valence-corrected chi connectivity index (χ1v) is 10.4. The number of fused-ring (bicyclic) bond motifs is 1. The second-order valence-corrected chi connectivity index (χ2v) is 8.01. The molecule has 0 spiro atoms. The minimum atomic E-state index is -0.864. The van der Waals surface area contributed by atoms with Crippen molar-refractivity contribution in [3.05, 3.63) is 79.0 Å². The van der Waals surface area contributed by atoms with Crippen LogP contribution >= 0.6 is 0 Å². The summed E-state index contributed by atoms with van der Waals surface area (Å²) in [6, 6.07) is 15.2. The number of piperidine rings is 1. The molecule has 1 N–H and O–H groups in total. The van der Waals surface area contributed by atoms with E-state index < -0.39 is 5.60 Å². The molecule has 5 rings (SSSR count). The molecule has 0 aromatic carbocycles. The Morgan fingerprint density at radius 1 is 1.00 bits per heavy atom. The summed E-state index contributed by atoms with van der Waals surface area (Å²) in [5.41, 5.74) is 3.37. The standard InChI is InChI=1S/C24H23N5O2/c30-23(21-3-1-2-11-26-21)28-15-9-24(31,10-16-28)17-29-14-8-20-22(29)5-4-19(27-20)18-6-12-25-13-7-18/h1-8,11-14,31H,9-10,15-17H2. The van der Waals surface area contributed by atoms with Crippen molar-refractivity contribution >= 4 is 16.9 Å². The SMILES string of the molecule is O=C(c1ccccn1)N1CCC(O)(Cn2ccc3nc(-c4ccncc4)ccc32)CC1. The normalized spacial score (nSPS) is 15.8. The largest absolute Gasteiger partial charge is 0.388 e. The molecular formula is C24H23N5O2. The minimum absolute atomic E-state index is 0.0816. The smallest absolute Gasteiger partial charge is 0.272 e. The molecule has 1 saturated heterocycles. The van der Waals surface area contributed by atoms with Crippen LogP contribution < -0.4 is 0 Å². The maximum atomic E-state index is 12.6. The van der Waals surface area contributed by atoms with Crippen molar-refractivity contribution in [3.8, 4) is 11.3 Å². The van der Waals surface area contributed by atoms with Crippen molar-refractivity contribution in [2.45, 2.75) is 25.0 Å². The first-order chi connectivity index (χ1) is 15.1. The summed E-state index contributed by atoms with van der Waals surface area (Å²) in [6.45, 7) is 1.49. The Bertz CT molecular complexity index is 1200. The van der Waals surface area contributed by atoms with E-state index in [1.807, 2.05) is 42.6 Å². The fraction of sp³-hybridized carbons (Fsp3) is 0.250. The average Bonchev–Trinajstić information content (AvgIpc) is 3.21. The molecule has 4 aromatic rings. The third kappa shape index (κ3) is 3.92. The van der Waals surface area contributed by atoms with Crippen LogP contribution in [0.2, 0.25) is 0 Å². The van der Waals surface area contributed by atoms with E-state index in [1.54, 1.807) is 35.6 Å². The number of aromatic nitrogens is 4. The lowest BCUT2D eigenvalue weighted by atomic mass is 9.91. The molecule has 0 radical (unpaired) electrons. The molecule has 31 heavy (non-hydrogen) atoms. The van der Waals surface area contributed by atoms with Crippen LogP contribution in [-0.4, -0.2) is 54.1 Å². The molecule has 5 heterocycles. The minimum Gasteiger partial charge on any atom is -0.388 e. The molecule has 1 aliphatic rings. The van der Waals surface area contributed by atoms with Crippen LogP contribution in [-0.2, 0) is 6.54 Å². The molecule has 1 fully saturated rings. The van der Waals surface area contributed by atoms with E-state index in [1.165, 1.54) is 0 Å². The van der Waals surface area contributed by atoms with Crippen LogP contribution in [0.15, 0.2) is 73.3 Å². The maximum absolute atomic E-state index is 12.6. The quantitative estimate of drug-likeness (QED) is 0.556. The highest BCUT2D eigenvalue weighted by Crippen LogP contribution is 2.28. The first-order valence-electron chi connectivity index (χ1n) is 10.4. The topological polar surface area (TPSA) is 84.1 Å². The Hall–Kier alpha value is -3.58. The van der Waals surface area contributed by atoms with Crippen molar-refractivity contribution in [2.24, 2.45) is 0 Å². The zero-order valence-electron chi connectivity index (χ0n) is 17.1. The molecule has 4 aromatic heterocycles. The lowest BCUT2D eigenvalue weighted by molar-refractivity contribution is -0.0285. The average molecular weight is 413 g/mol. The molecule has 0 aliphatic carbocycles. The van der Waals surface area contributed by atoms with Crippen LogP contribution in [0, 0.1) is 0 Å². The van der Waals surface area contributed by atoms with Gasteiger partial charge >= 0.3 is 0 Å². The van der Waals surface area contributed by atoms with E-state index in [0.717, 1.165) is 22.3 Å². The zero-order chi connectivity index (χ0) is 21.3. The van der Waals surface area contributed by atoms with E-state index in [-0.39, 0.29) is 5.91 Å². The van der Waals surface area contributed by atoms with Crippen LogP contribution in [0.1, 0.15) is 23.3 Å². The number of hydrogen-bond donors (Lipinski definition) is 1. The van der Waals surface area contributed by atoms with Gasteiger partial charge in [0.1, 0.15) is 5.69 Å². The van der Waals surface area contributed by atoms with Crippen molar-refractivity contribution in [1.82, 2.24) is 24.4 Å². The summed E-state index contributed by atoms with van der Waals surface area (Å²) in [6.07, 6.45) is 8.15. The van der Waals surface area contributed by atoms with Gasteiger partial charge in [-0.25, -0.2) is 4.98 Å². The summed E-state index contributed by atoms with van der Waals surface area (Å²) in [4.78, 5) is 27.3. The van der Waals surface area contributed by atoms with Gasteiger partial charge in [-0.3, -0.25) is 14.8 Å². The Morgan fingerprint density at radius 2 is 1.81 bits per heavy atom. The second kappa shape index (κ2) is 7.92. The molecule has 0 saturated carbocycles. The lowest BCUT2D eigenvalue weighted by Gasteiger charge is -2.38.